The monoisotopic (exact) mass is 273 g/mol. The normalized spacial score (nSPS) is 18.1. The number of carbonyl (C=O) groups excluding carboxylic acids is 1. The summed E-state index contributed by atoms with van der Waals surface area (Å²) in [6.45, 7) is 4.62. The second-order valence-electron chi connectivity index (χ2n) is 3.96. The third-order valence-electron chi connectivity index (χ3n) is 2.82. The van der Waals surface area contributed by atoms with Crippen LogP contribution in [0.1, 0.15) is 22.1 Å². The van der Waals surface area contributed by atoms with Crippen molar-refractivity contribution in [1.29, 1.82) is 0 Å². The summed E-state index contributed by atoms with van der Waals surface area (Å²) in [6, 6.07) is 4.00. The zero-order chi connectivity index (χ0) is 12.3. The quantitative estimate of drug-likeness (QED) is 0.792. The van der Waals surface area contributed by atoms with Crippen LogP contribution >= 0.6 is 22.9 Å². The lowest BCUT2D eigenvalue weighted by molar-refractivity contribution is -0.134. The number of nitrogens with zero attached hydrogens (tertiary/aromatic N) is 1. The topological polar surface area (TPSA) is 29.5 Å². The van der Waals surface area contributed by atoms with Crippen molar-refractivity contribution in [2.75, 3.05) is 26.3 Å². The van der Waals surface area contributed by atoms with Crippen LogP contribution in [0.4, 0.5) is 0 Å². The first-order valence-corrected chi connectivity index (χ1v) is 7.07. The third kappa shape index (κ3) is 3.00. The summed E-state index contributed by atoms with van der Waals surface area (Å²) in [4.78, 5) is 16.1. The van der Waals surface area contributed by atoms with E-state index >= 15 is 0 Å². The second kappa shape index (κ2) is 5.85. The molecule has 17 heavy (non-hydrogen) atoms. The van der Waals surface area contributed by atoms with E-state index in [4.69, 9.17) is 16.3 Å². The lowest BCUT2D eigenvalue weighted by atomic mass is 10.2. The molecule has 0 saturated carbocycles. The van der Waals surface area contributed by atoms with E-state index in [0.717, 1.165) is 11.3 Å². The lowest BCUT2D eigenvalue weighted by Gasteiger charge is -2.28. The van der Waals surface area contributed by atoms with Crippen molar-refractivity contribution >= 4 is 28.8 Å². The highest BCUT2D eigenvalue weighted by Crippen LogP contribution is 2.30. The van der Waals surface area contributed by atoms with Crippen LogP contribution in [0.15, 0.2) is 12.1 Å². The number of hydrogen-bond donors (Lipinski definition) is 0. The standard InChI is InChI=1S/C12H16ClNO2S/c1-2-9-3-4-10(17-9)11(13)12(15)14-5-7-16-8-6-14/h3-4,11H,2,5-8H2,1H3. The highest BCUT2D eigenvalue weighted by Gasteiger charge is 2.26. The molecule has 0 spiro atoms. The molecule has 1 aromatic rings. The van der Waals surface area contributed by atoms with E-state index in [9.17, 15) is 4.79 Å². The number of hydrogen-bond acceptors (Lipinski definition) is 3. The van der Waals surface area contributed by atoms with Crippen molar-refractivity contribution in [2.24, 2.45) is 0 Å². The number of alkyl halides is 1. The Kier molecular flexibility index (Phi) is 4.42. The Hall–Kier alpha value is -0.580. The molecule has 0 aromatic carbocycles. The van der Waals surface area contributed by atoms with Gasteiger partial charge in [0, 0.05) is 22.8 Å². The summed E-state index contributed by atoms with van der Waals surface area (Å²) in [5.74, 6) is -0.000491. The van der Waals surface area contributed by atoms with E-state index < -0.39 is 5.38 Å². The summed E-state index contributed by atoms with van der Waals surface area (Å²) >= 11 is 7.86. The molecule has 1 aromatic heterocycles. The molecule has 1 aliphatic heterocycles. The van der Waals surface area contributed by atoms with Gasteiger partial charge in [-0.1, -0.05) is 6.92 Å². The number of thiophene rings is 1. The summed E-state index contributed by atoms with van der Waals surface area (Å²) in [5, 5.41) is -0.543. The first kappa shape index (κ1) is 12.9. The Labute approximate surface area is 110 Å². The molecule has 0 aliphatic carbocycles. The van der Waals surface area contributed by atoms with Gasteiger partial charge in [-0.05, 0) is 18.6 Å². The fourth-order valence-corrected chi connectivity index (χ4v) is 3.05. The minimum absolute atomic E-state index is 0.000491. The van der Waals surface area contributed by atoms with Gasteiger partial charge >= 0.3 is 0 Å². The van der Waals surface area contributed by atoms with Crippen molar-refractivity contribution in [3.05, 3.63) is 21.9 Å². The average molecular weight is 274 g/mol. The zero-order valence-corrected chi connectivity index (χ0v) is 11.4. The maximum Gasteiger partial charge on any atom is 0.246 e. The van der Waals surface area contributed by atoms with Gasteiger partial charge in [-0.3, -0.25) is 4.79 Å². The highest BCUT2D eigenvalue weighted by molar-refractivity contribution is 7.12. The predicted molar refractivity (Wildman–Crippen MR) is 69.7 cm³/mol. The van der Waals surface area contributed by atoms with Gasteiger partial charge in [0.25, 0.3) is 0 Å². The predicted octanol–water partition coefficient (Wildman–Crippen LogP) is 2.45. The number of ether oxygens (including phenoxy) is 1. The SMILES string of the molecule is CCc1ccc(C(Cl)C(=O)N2CCOCC2)s1. The molecule has 1 amide bonds. The highest BCUT2D eigenvalue weighted by atomic mass is 35.5. The van der Waals surface area contributed by atoms with E-state index in [1.54, 1.807) is 16.2 Å². The van der Waals surface area contributed by atoms with Gasteiger partial charge in [0.05, 0.1) is 13.2 Å². The van der Waals surface area contributed by atoms with Crippen LogP contribution in [-0.4, -0.2) is 37.1 Å². The van der Waals surface area contributed by atoms with E-state index in [2.05, 4.69) is 6.92 Å². The van der Waals surface area contributed by atoms with Crippen molar-refractivity contribution in [3.8, 4) is 0 Å². The molecule has 1 fully saturated rings. The maximum atomic E-state index is 12.1. The summed E-state index contributed by atoms with van der Waals surface area (Å²) < 4.78 is 5.22. The number of halogens is 1. The molecule has 94 valence electrons. The molecule has 1 atom stereocenters. The zero-order valence-electron chi connectivity index (χ0n) is 9.82. The Morgan fingerprint density at radius 2 is 2.24 bits per heavy atom. The molecule has 5 heteroatoms. The van der Waals surface area contributed by atoms with Crippen molar-refractivity contribution in [3.63, 3.8) is 0 Å². The van der Waals surface area contributed by atoms with E-state index in [-0.39, 0.29) is 5.91 Å². The Bertz CT molecular complexity index is 388. The molecule has 2 rings (SSSR count). The largest absolute Gasteiger partial charge is 0.378 e. The van der Waals surface area contributed by atoms with E-state index in [0.29, 0.717) is 26.3 Å². The Morgan fingerprint density at radius 1 is 1.53 bits per heavy atom. The summed E-state index contributed by atoms with van der Waals surface area (Å²) in [6.07, 6.45) is 0.986. The fourth-order valence-electron chi connectivity index (χ4n) is 1.79. The Morgan fingerprint density at radius 3 is 2.82 bits per heavy atom. The van der Waals surface area contributed by atoms with Crippen LogP contribution < -0.4 is 0 Å². The molecule has 0 N–H and O–H groups in total. The number of rotatable bonds is 3. The van der Waals surface area contributed by atoms with Gasteiger partial charge in [0.1, 0.15) is 5.38 Å². The van der Waals surface area contributed by atoms with Gasteiger partial charge in [-0.15, -0.1) is 22.9 Å². The molecule has 0 radical (unpaired) electrons. The molecule has 3 nitrogen and oxygen atoms in total. The van der Waals surface area contributed by atoms with E-state index in [1.807, 2.05) is 12.1 Å². The molecule has 0 bridgehead atoms. The Balaban J connectivity index is 2.02. The first-order chi connectivity index (χ1) is 8.22. The van der Waals surface area contributed by atoms with Crippen LogP contribution in [0.25, 0.3) is 0 Å². The maximum absolute atomic E-state index is 12.1. The molecule has 2 heterocycles. The number of aryl methyl sites for hydroxylation is 1. The van der Waals surface area contributed by atoms with Crippen LogP contribution in [-0.2, 0) is 16.0 Å². The molecule has 1 aliphatic rings. The lowest BCUT2D eigenvalue weighted by Crippen LogP contribution is -2.42. The molecular weight excluding hydrogens is 258 g/mol. The smallest absolute Gasteiger partial charge is 0.246 e. The average Bonchev–Trinajstić information content (AvgIpc) is 2.87. The number of morpholine rings is 1. The molecular formula is C12H16ClNO2S. The fraction of sp³-hybridized carbons (Fsp3) is 0.583. The van der Waals surface area contributed by atoms with Gasteiger partial charge in [-0.2, -0.15) is 0 Å². The van der Waals surface area contributed by atoms with Crippen LogP contribution in [0.2, 0.25) is 0 Å². The van der Waals surface area contributed by atoms with Crippen molar-refractivity contribution < 1.29 is 9.53 Å². The molecule has 1 unspecified atom stereocenters. The van der Waals surface area contributed by atoms with Crippen molar-refractivity contribution in [1.82, 2.24) is 4.90 Å². The van der Waals surface area contributed by atoms with Crippen LogP contribution in [0.5, 0.6) is 0 Å². The third-order valence-corrected chi connectivity index (χ3v) is 4.67. The summed E-state index contributed by atoms with van der Waals surface area (Å²) in [5.41, 5.74) is 0. The van der Waals surface area contributed by atoms with Crippen molar-refractivity contribution in [2.45, 2.75) is 18.7 Å². The minimum Gasteiger partial charge on any atom is -0.378 e. The van der Waals surface area contributed by atoms with Gasteiger partial charge in [-0.25, -0.2) is 0 Å². The minimum atomic E-state index is -0.543. The molecule has 1 saturated heterocycles. The van der Waals surface area contributed by atoms with Gasteiger partial charge in [0.2, 0.25) is 5.91 Å². The number of carbonyl (C=O) groups is 1. The van der Waals surface area contributed by atoms with Gasteiger partial charge < -0.3 is 9.64 Å². The van der Waals surface area contributed by atoms with Crippen LogP contribution in [0, 0.1) is 0 Å². The second-order valence-corrected chi connectivity index (χ2v) is 5.59. The number of amides is 1. The van der Waals surface area contributed by atoms with Crippen LogP contribution in [0.3, 0.4) is 0 Å². The van der Waals surface area contributed by atoms with E-state index in [1.165, 1.54) is 4.88 Å². The van der Waals surface area contributed by atoms with Gasteiger partial charge in [0.15, 0.2) is 0 Å². The summed E-state index contributed by atoms with van der Waals surface area (Å²) in [7, 11) is 0. The first-order valence-electron chi connectivity index (χ1n) is 5.81.